The Bertz CT molecular complexity index is 1120. The molecule has 1 N–H and O–H groups in total. The van der Waals surface area contributed by atoms with E-state index in [1.807, 2.05) is 6.92 Å². The summed E-state index contributed by atoms with van der Waals surface area (Å²) in [7, 11) is 0. The second-order valence-corrected chi connectivity index (χ2v) is 8.37. The Morgan fingerprint density at radius 3 is 2.58 bits per heavy atom. The van der Waals surface area contributed by atoms with E-state index in [1.54, 1.807) is 55.5 Å². The number of aryl methyl sites for hydroxylation is 1. The molecular formula is C23H21ClN2O6S. The summed E-state index contributed by atoms with van der Waals surface area (Å²) in [5.41, 5.74) is 1.97. The fourth-order valence-corrected chi connectivity index (χ4v) is 3.87. The van der Waals surface area contributed by atoms with E-state index in [-0.39, 0.29) is 18.1 Å². The second-order valence-electron chi connectivity index (χ2n) is 6.94. The third kappa shape index (κ3) is 6.59. The molecule has 0 unspecified atom stereocenters. The number of ether oxygens (including phenoxy) is 2. The minimum Gasteiger partial charge on any atom is -0.482 e. The Balaban J connectivity index is 1.61. The molecule has 1 saturated heterocycles. The van der Waals surface area contributed by atoms with Crippen molar-refractivity contribution in [2.75, 3.05) is 25.1 Å². The number of carbonyl (C=O) groups is 4. The highest BCUT2D eigenvalue weighted by atomic mass is 35.5. The molecule has 0 atom stereocenters. The van der Waals surface area contributed by atoms with E-state index < -0.39 is 29.6 Å². The van der Waals surface area contributed by atoms with Crippen LogP contribution in [0.4, 0.5) is 10.5 Å². The van der Waals surface area contributed by atoms with E-state index in [4.69, 9.17) is 21.1 Å². The third-order valence-corrected chi connectivity index (χ3v) is 5.63. The van der Waals surface area contributed by atoms with Crippen LogP contribution >= 0.6 is 23.4 Å². The van der Waals surface area contributed by atoms with Crippen molar-refractivity contribution in [2.24, 2.45) is 0 Å². The predicted octanol–water partition coefficient (Wildman–Crippen LogP) is 4.27. The van der Waals surface area contributed by atoms with Gasteiger partial charge in [-0.05, 0) is 67.1 Å². The number of carbonyl (C=O) groups excluding carboxylic acids is 4. The molecule has 0 bridgehead atoms. The molecule has 33 heavy (non-hydrogen) atoms. The number of anilines is 1. The van der Waals surface area contributed by atoms with Gasteiger partial charge in [0.25, 0.3) is 11.1 Å². The summed E-state index contributed by atoms with van der Waals surface area (Å²) in [6.07, 6.45) is 1.55. The second kappa shape index (κ2) is 11.0. The summed E-state index contributed by atoms with van der Waals surface area (Å²) in [6.45, 7) is 3.18. The molecule has 1 heterocycles. The van der Waals surface area contributed by atoms with Crippen molar-refractivity contribution in [3.63, 3.8) is 0 Å². The molecule has 172 valence electrons. The number of nitrogens with zero attached hydrogens (tertiary/aromatic N) is 1. The van der Waals surface area contributed by atoms with Gasteiger partial charge in [0.05, 0.1) is 11.5 Å². The summed E-state index contributed by atoms with van der Waals surface area (Å²) < 4.78 is 10.1. The lowest BCUT2D eigenvalue weighted by Gasteiger charge is -2.13. The van der Waals surface area contributed by atoms with Gasteiger partial charge in [-0.15, -0.1) is 0 Å². The van der Waals surface area contributed by atoms with Crippen LogP contribution in [0.15, 0.2) is 47.4 Å². The van der Waals surface area contributed by atoms with Gasteiger partial charge >= 0.3 is 5.97 Å². The SMILES string of the molecule is CCOC(=O)COc1ccc(/C=C2\SC(=O)N(CC(=O)Nc3cc(Cl)ccc3C)C2=O)cc1. The number of halogens is 1. The van der Waals surface area contributed by atoms with E-state index in [9.17, 15) is 19.2 Å². The molecule has 2 aromatic rings. The summed E-state index contributed by atoms with van der Waals surface area (Å²) >= 11 is 6.72. The zero-order chi connectivity index (χ0) is 24.0. The van der Waals surface area contributed by atoms with Gasteiger partial charge in [-0.1, -0.05) is 29.8 Å². The monoisotopic (exact) mass is 488 g/mol. The van der Waals surface area contributed by atoms with Gasteiger partial charge in [-0.2, -0.15) is 0 Å². The van der Waals surface area contributed by atoms with Gasteiger partial charge in [-0.25, -0.2) is 4.79 Å². The van der Waals surface area contributed by atoms with E-state index in [0.29, 0.717) is 22.0 Å². The lowest BCUT2D eigenvalue weighted by Crippen LogP contribution is -2.36. The van der Waals surface area contributed by atoms with Crippen LogP contribution in [0, 0.1) is 6.92 Å². The highest BCUT2D eigenvalue weighted by Crippen LogP contribution is 2.32. The van der Waals surface area contributed by atoms with E-state index >= 15 is 0 Å². The third-order valence-electron chi connectivity index (χ3n) is 4.49. The fraction of sp³-hybridized carbons (Fsp3) is 0.217. The number of esters is 1. The number of rotatable bonds is 8. The Kier molecular flexibility index (Phi) is 8.13. The van der Waals surface area contributed by atoms with Crippen molar-refractivity contribution in [1.82, 2.24) is 4.90 Å². The predicted molar refractivity (Wildman–Crippen MR) is 126 cm³/mol. The standard InChI is InChI=1S/C23H21ClN2O6S/c1-3-31-21(28)13-32-17-8-5-15(6-9-17)10-19-22(29)26(23(30)33-19)12-20(27)25-18-11-16(24)7-4-14(18)2/h4-11H,3,12-13H2,1-2H3,(H,25,27)/b19-10-. The summed E-state index contributed by atoms with van der Waals surface area (Å²) in [6, 6.07) is 11.7. The molecule has 0 spiro atoms. The zero-order valence-electron chi connectivity index (χ0n) is 17.9. The minimum absolute atomic E-state index is 0.201. The number of hydrogen-bond acceptors (Lipinski definition) is 7. The van der Waals surface area contributed by atoms with Crippen LogP contribution in [-0.4, -0.2) is 47.7 Å². The number of thioether (sulfide) groups is 1. The largest absolute Gasteiger partial charge is 0.482 e. The number of hydrogen-bond donors (Lipinski definition) is 1. The maximum absolute atomic E-state index is 12.7. The van der Waals surface area contributed by atoms with Crippen molar-refractivity contribution in [3.05, 3.63) is 63.5 Å². The molecule has 3 rings (SSSR count). The van der Waals surface area contributed by atoms with E-state index in [1.165, 1.54) is 0 Å². The molecule has 1 aliphatic heterocycles. The summed E-state index contributed by atoms with van der Waals surface area (Å²) in [5.74, 6) is -1.07. The average molecular weight is 489 g/mol. The maximum atomic E-state index is 12.7. The fourth-order valence-electron chi connectivity index (χ4n) is 2.86. The van der Waals surface area contributed by atoms with Gasteiger partial charge in [-0.3, -0.25) is 19.3 Å². The smallest absolute Gasteiger partial charge is 0.344 e. The molecule has 1 aliphatic rings. The molecule has 0 saturated carbocycles. The van der Waals surface area contributed by atoms with E-state index in [0.717, 1.165) is 22.2 Å². The van der Waals surface area contributed by atoms with Gasteiger partial charge in [0.15, 0.2) is 6.61 Å². The van der Waals surface area contributed by atoms with Crippen molar-refractivity contribution in [1.29, 1.82) is 0 Å². The minimum atomic E-state index is -0.550. The first-order valence-electron chi connectivity index (χ1n) is 9.96. The number of benzene rings is 2. The van der Waals surface area contributed by atoms with Crippen LogP contribution in [0.2, 0.25) is 5.02 Å². The highest BCUT2D eigenvalue weighted by Gasteiger charge is 2.36. The van der Waals surface area contributed by atoms with Crippen molar-refractivity contribution < 1.29 is 28.7 Å². The van der Waals surface area contributed by atoms with Gasteiger partial charge in [0, 0.05) is 10.7 Å². The Hall–Kier alpha value is -3.30. The molecule has 2 aromatic carbocycles. The quantitative estimate of drug-likeness (QED) is 0.437. The number of amides is 3. The molecule has 0 aromatic heterocycles. The molecule has 3 amide bonds. The normalized spacial score (nSPS) is 14.5. The van der Waals surface area contributed by atoms with Gasteiger partial charge in [0.1, 0.15) is 12.3 Å². The Morgan fingerprint density at radius 1 is 1.15 bits per heavy atom. The number of imide groups is 1. The van der Waals surface area contributed by atoms with Crippen LogP contribution < -0.4 is 10.1 Å². The van der Waals surface area contributed by atoms with Crippen LogP contribution in [0.3, 0.4) is 0 Å². The van der Waals surface area contributed by atoms with Crippen molar-refractivity contribution in [2.45, 2.75) is 13.8 Å². The Morgan fingerprint density at radius 2 is 1.88 bits per heavy atom. The lowest BCUT2D eigenvalue weighted by atomic mass is 10.2. The van der Waals surface area contributed by atoms with Crippen LogP contribution in [0.25, 0.3) is 6.08 Å². The molecule has 1 fully saturated rings. The molecule has 10 heteroatoms. The topological polar surface area (TPSA) is 102 Å². The molecule has 8 nitrogen and oxygen atoms in total. The first-order chi connectivity index (χ1) is 15.8. The molecular weight excluding hydrogens is 468 g/mol. The lowest BCUT2D eigenvalue weighted by molar-refractivity contribution is -0.145. The Labute approximate surface area is 199 Å². The van der Waals surface area contributed by atoms with Gasteiger partial charge < -0.3 is 14.8 Å². The molecule has 0 aliphatic carbocycles. The van der Waals surface area contributed by atoms with Crippen molar-refractivity contribution >= 4 is 58.1 Å². The average Bonchev–Trinajstić information content (AvgIpc) is 3.03. The summed E-state index contributed by atoms with van der Waals surface area (Å²) in [4.78, 5) is 49.8. The van der Waals surface area contributed by atoms with Crippen molar-refractivity contribution in [3.8, 4) is 5.75 Å². The molecule has 0 radical (unpaired) electrons. The van der Waals surface area contributed by atoms with E-state index in [2.05, 4.69) is 5.32 Å². The maximum Gasteiger partial charge on any atom is 0.344 e. The highest BCUT2D eigenvalue weighted by molar-refractivity contribution is 8.18. The zero-order valence-corrected chi connectivity index (χ0v) is 19.5. The van der Waals surface area contributed by atoms with Gasteiger partial charge in [0.2, 0.25) is 5.91 Å². The number of nitrogens with one attached hydrogen (secondary N) is 1. The van der Waals surface area contributed by atoms with Crippen LogP contribution in [0.1, 0.15) is 18.1 Å². The summed E-state index contributed by atoms with van der Waals surface area (Å²) in [5, 5.41) is 2.60. The van der Waals surface area contributed by atoms with Crippen LogP contribution in [0.5, 0.6) is 5.75 Å². The first kappa shape index (κ1) is 24.3. The first-order valence-corrected chi connectivity index (χ1v) is 11.2. The van der Waals surface area contributed by atoms with Crippen LogP contribution in [-0.2, 0) is 19.1 Å².